The maximum atomic E-state index is 5.99. The Morgan fingerprint density at radius 2 is 1.97 bits per heavy atom. The van der Waals surface area contributed by atoms with Crippen molar-refractivity contribution in [3.8, 4) is 11.5 Å². The summed E-state index contributed by atoms with van der Waals surface area (Å²) >= 11 is 0. The van der Waals surface area contributed by atoms with Crippen molar-refractivity contribution in [3.63, 3.8) is 0 Å². The highest BCUT2D eigenvalue weighted by molar-refractivity contribution is 5.85. The fourth-order valence-corrected chi connectivity index (χ4v) is 4.01. The Hall–Kier alpha value is -3.39. The Balaban J connectivity index is 1.57. The third-order valence-electron chi connectivity index (χ3n) is 5.31. The minimum absolute atomic E-state index is 0.473. The van der Waals surface area contributed by atoms with E-state index in [1.54, 1.807) is 7.11 Å². The van der Waals surface area contributed by atoms with Crippen molar-refractivity contribution in [1.29, 1.82) is 0 Å². The second-order valence-corrected chi connectivity index (χ2v) is 7.35. The lowest BCUT2D eigenvalue weighted by molar-refractivity contribution is -0.0214. The quantitative estimate of drug-likeness (QED) is 0.734. The van der Waals surface area contributed by atoms with Crippen LogP contribution in [0.2, 0.25) is 0 Å². The van der Waals surface area contributed by atoms with Gasteiger partial charge in [-0.1, -0.05) is 0 Å². The molecule has 3 aliphatic heterocycles. The van der Waals surface area contributed by atoms with Gasteiger partial charge in [-0.3, -0.25) is 4.90 Å². The molecule has 3 aliphatic rings. The number of nitrogens with one attached hydrogen (secondary N) is 3. The van der Waals surface area contributed by atoms with Crippen LogP contribution in [-0.4, -0.2) is 26.0 Å². The molecule has 0 amide bonds. The molecule has 8 heteroatoms. The first kappa shape index (κ1) is 17.7. The molecule has 5 rings (SSSR count). The number of fused-ring (bicyclic) bond motifs is 3. The van der Waals surface area contributed by atoms with Gasteiger partial charge in [-0.05, 0) is 62.2 Å². The van der Waals surface area contributed by atoms with Gasteiger partial charge in [0.2, 0.25) is 0 Å². The summed E-state index contributed by atoms with van der Waals surface area (Å²) in [5.41, 5.74) is 8.84. The molecule has 0 saturated carbocycles. The summed E-state index contributed by atoms with van der Waals surface area (Å²) in [4.78, 5) is 12.7. The lowest BCUT2D eigenvalue weighted by Crippen LogP contribution is -2.51. The predicted octanol–water partition coefficient (Wildman–Crippen LogP) is 3.45. The van der Waals surface area contributed by atoms with E-state index >= 15 is 0 Å². The molecule has 1 unspecified atom stereocenters. The molecule has 1 fully saturated rings. The lowest BCUT2D eigenvalue weighted by atomic mass is 10.1. The van der Waals surface area contributed by atoms with E-state index in [1.165, 1.54) is 0 Å². The Labute approximate surface area is 169 Å². The first-order valence-electron chi connectivity index (χ1n) is 9.45. The van der Waals surface area contributed by atoms with Crippen LogP contribution < -0.4 is 30.5 Å². The Morgan fingerprint density at radius 3 is 2.72 bits per heavy atom. The van der Waals surface area contributed by atoms with Crippen molar-refractivity contribution in [2.45, 2.75) is 26.7 Å². The summed E-state index contributed by atoms with van der Waals surface area (Å²) in [6.45, 7) is 6.51. The molecule has 0 radical (unpaired) electrons. The van der Waals surface area contributed by atoms with Gasteiger partial charge in [0.25, 0.3) is 0 Å². The highest BCUT2D eigenvalue weighted by Crippen LogP contribution is 2.42. The summed E-state index contributed by atoms with van der Waals surface area (Å²) in [6.07, 6.45) is 1.82. The molecule has 0 aromatic heterocycles. The van der Waals surface area contributed by atoms with Crippen LogP contribution in [0.1, 0.15) is 18.1 Å². The number of methoxy groups -OCH3 is 1. The summed E-state index contributed by atoms with van der Waals surface area (Å²) in [7, 11) is 1.68. The number of aliphatic imine (C=N–C) groups is 1. The number of aryl methyl sites for hydroxylation is 2. The largest absolute Gasteiger partial charge is 0.496 e. The van der Waals surface area contributed by atoms with Gasteiger partial charge >= 0.3 is 5.97 Å². The molecule has 2 aromatic carbocycles. The average molecular weight is 393 g/mol. The zero-order valence-corrected chi connectivity index (χ0v) is 16.8. The number of nitrogens with zero attached hydrogens (tertiary/aromatic N) is 2. The number of hydrogen-bond acceptors (Lipinski definition) is 8. The SMILES string of the molecule is COc1c(C)cc(NC23N=CC(C)=C(NO2)N3c2ccc3c(c2)NCO3)cc1C. The normalized spacial score (nSPS) is 21.4. The summed E-state index contributed by atoms with van der Waals surface area (Å²) in [6, 6.07) is 10.0. The van der Waals surface area contributed by atoms with E-state index in [1.807, 2.05) is 62.2 Å². The zero-order chi connectivity index (χ0) is 20.2. The zero-order valence-electron chi connectivity index (χ0n) is 16.8. The summed E-state index contributed by atoms with van der Waals surface area (Å²) in [5, 5.41) is 6.69. The molecule has 2 aromatic rings. The first-order valence-corrected chi connectivity index (χ1v) is 9.45. The molecule has 0 spiro atoms. The van der Waals surface area contributed by atoms with E-state index in [9.17, 15) is 0 Å². The van der Waals surface area contributed by atoms with Crippen LogP contribution in [0.3, 0.4) is 0 Å². The van der Waals surface area contributed by atoms with Gasteiger partial charge in [0.15, 0.2) is 6.73 Å². The van der Waals surface area contributed by atoms with Crippen LogP contribution in [0, 0.1) is 13.8 Å². The van der Waals surface area contributed by atoms with Crippen LogP contribution in [0.4, 0.5) is 17.1 Å². The fourth-order valence-electron chi connectivity index (χ4n) is 4.01. The predicted molar refractivity (Wildman–Crippen MR) is 112 cm³/mol. The van der Waals surface area contributed by atoms with Gasteiger partial charge in [-0.15, -0.1) is 0 Å². The average Bonchev–Trinajstić information content (AvgIpc) is 3.26. The van der Waals surface area contributed by atoms with Crippen LogP contribution in [0.15, 0.2) is 46.7 Å². The lowest BCUT2D eigenvalue weighted by Gasteiger charge is -2.36. The van der Waals surface area contributed by atoms with Crippen molar-refractivity contribution in [2.24, 2.45) is 4.99 Å². The number of hydrogen-bond donors (Lipinski definition) is 3. The Bertz CT molecular complexity index is 1040. The Kier molecular flexibility index (Phi) is 3.85. The molecule has 150 valence electrons. The van der Waals surface area contributed by atoms with Crippen molar-refractivity contribution in [2.75, 3.05) is 29.4 Å². The number of ether oxygens (including phenoxy) is 2. The van der Waals surface area contributed by atoms with E-state index in [4.69, 9.17) is 19.3 Å². The second-order valence-electron chi connectivity index (χ2n) is 7.35. The summed E-state index contributed by atoms with van der Waals surface area (Å²) < 4.78 is 11.0. The molecule has 3 N–H and O–H groups in total. The van der Waals surface area contributed by atoms with Crippen LogP contribution in [0.5, 0.6) is 11.5 Å². The molecule has 29 heavy (non-hydrogen) atoms. The third kappa shape index (κ3) is 2.67. The highest BCUT2D eigenvalue weighted by Gasteiger charge is 2.49. The van der Waals surface area contributed by atoms with Crippen molar-refractivity contribution >= 4 is 23.3 Å². The van der Waals surface area contributed by atoms with Gasteiger partial charge in [-0.25, -0.2) is 15.3 Å². The van der Waals surface area contributed by atoms with E-state index in [0.717, 1.165) is 51.1 Å². The fraction of sp³-hybridized carbons (Fsp3) is 0.286. The topological polar surface area (TPSA) is 79.4 Å². The van der Waals surface area contributed by atoms with E-state index in [-0.39, 0.29) is 0 Å². The molecule has 0 aliphatic carbocycles. The van der Waals surface area contributed by atoms with Gasteiger partial charge in [0.05, 0.1) is 18.5 Å². The van der Waals surface area contributed by atoms with Gasteiger partial charge in [0, 0.05) is 17.5 Å². The van der Waals surface area contributed by atoms with E-state index < -0.39 is 5.97 Å². The van der Waals surface area contributed by atoms with Gasteiger partial charge < -0.3 is 20.1 Å². The maximum Gasteiger partial charge on any atom is 0.351 e. The van der Waals surface area contributed by atoms with E-state index in [0.29, 0.717) is 6.73 Å². The van der Waals surface area contributed by atoms with Gasteiger partial charge in [-0.2, -0.15) is 0 Å². The number of benzene rings is 2. The molecule has 8 nitrogen and oxygen atoms in total. The molecular weight excluding hydrogens is 370 g/mol. The number of allylic oxidation sites excluding steroid dienone is 1. The molecule has 3 heterocycles. The van der Waals surface area contributed by atoms with Crippen molar-refractivity contribution < 1.29 is 14.3 Å². The smallest absolute Gasteiger partial charge is 0.351 e. The number of hydroxylamine groups is 1. The minimum Gasteiger partial charge on any atom is -0.496 e. The number of anilines is 3. The minimum atomic E-state index is -1.14. The maximum absolute atomic E-state index is 5.99. The van der Waals surface area contributed by atoms with Crippen LogP contribution in [0.25, 0.3) is 0 Å². The molecule has 2 bridgehead atoms. The van der Waals surface area contributed by atoms with Crippen molar-refractivity contribution in [3.05, 3.63) is 52.9 Å². The standard InChI is InChI=1S/C21H23N5O3/c1-12-7-15(8-13(2)19(12)27-4)24-21-23-10-14(3)20(25-29-21)26(21)16-5-6-18-17(9-16)22-11-28-18/h5-10,22,24-25H,11H2,1-4H3. The summed E-state index contributed by atoms with van der Waals surface area (Å²) in [5.74, 6) is 1.41. The monoisotopic (exact) mass is 393 g/mol. The molecular formula is C21H23N5O3. The molecule has 1 atom stereocenters. The van der Waals surface area contributed by atoms with Crippen molar-refractivity contribution in [1.82, 2.24) is 5.48 Å². The Morgan fingerprint density at radius 1 is 1.17 bits per heavy atom. The van der Waals surface area contributed by atoms with Crippen LogP contribution >= 0.6 is 0 Å². The first-order chi connectivity index (χ1) is 14.0. The highest BCUT2D eigenvalue weighted by atomic mass is 16.7. The van der Waals surface area contributed by atoms with E-state index in [2.05, 4.69) is 16.1 Å². The van der Waals surface area contributed by atoms with Gasteiger partial charge in [0.1, 0.15) is 17.3 Å². The molecule has 1 saturated heterocycles. The third-order valence-corrected chi connectivity index (χ3v) is 5.31. The second kappa shape index (κ2) is 6.31. The number of rotatable bonds is 4. The van der Waals surface area contributed by atoms with Crippen LogP contribution in [-0.2, 0) is 4.84 Å².